The Bertz CT molecular complexity index is 528. The second-order valence-electron chi connectivity index (χ2n) is 3.16. The molecular formula is C11H8ClNO3S. The maximum atomic E-state index is 10.7. The molecule has 0 radical (unpaired) electrons. The van der Waals surface area contributed by atoms with Crippen LogP contribution in [0.4, 0.5) is 0 Å². The second-order valence-corrected chi connectivity index (χ2v) is 4.55. The summed E-state index contributed by atoms with van der Waals surface area (Å²) in [6.45, 7) is 0.323. The zero-order valence-corrected chi connectivity index (χ0v) is 10.2. The first kappa shape index (κ1) is 11.9. The van der Waals surface area contributed by atoms with Crippen LogP contribution in [0.1, 0.15) is 15.4 Å². The van der Waals surface area contributed by atoms with Crippen molar-refractivity contribution in [2.24, 2.45) is 0 Å². The van der Waals surface area contributed by atoms with Crippen molar-refractivity contribution in [3.8, 4) is 5.75 Å². The number of benzene rings is 1. The van der Waals surface area contributed by atoms with Gasteiger partial charge < -0.3 is 9.84 Å². The molecule has 0 atom stereocenters. The lowest BCUT2D eigenvalue weighted by Crippen LogP contribution is -1.98. The van der Waals surface area contributed by atoms with Gasteiger partial charge in [0.1, 0.15) is 17.4 Å². The van der Waals surface area contributed by atoms with E-state index in [4.69, 9.17) is 21.4 Å². The molecule has 1 heterocycles. The minimum Gasteiger partial charge on any atom is -0.485 e. The van der Waals surface area contributed by atoms with Gasteiger partial charge in [-0.25, -0.2) is 9.78 Å². The number of carboxylic acid groups (broad SMARTS) is 1. The maximum Gasteiger partial charge on any atom is 0.335 e. The minimum absolute atomic E-state index is 0.136. The first-order valence-electron chi connectivity index (χ1n) is 4.71. The lowest BCUT2D eigenvalue weighted by Gasteiger charge is -2.06. The molecule has 4 nitrogen and oxygen atoms in total. The fourth-order valence-electron chi connectivity index (χ4n) is 1.21. The number of halogens is 1. The highest BCUT2D eigenvalue weighted by Gasteiger charge is 2.08. The van der Waals surface area contributed by atoms with E-state index < -0.39 is 5.97 Å². The van der Waals surface area contributed by atoms with E-state index in [2.05, 4.69) is 4.98 Å². The topological polar surface area (TPSA) is 59.4 Å². The fourth-order valence-corrected chi connectivity index (χ4v) is 1.98. The summed E-state index contributed by atoms with van der Waals surface area (Å²) in [5, 5.41) is 11.7. The number of hydrogen-bond acceptors (Lipinski definition) is 4. The highest BCUT2D eigenvalue weighted by Crippen LogP contribution is 2.26. The zero-order valence-electron chi connectivity index (χ0n) is 8.59. The number of aromatic carboxylic acids is 1. The van der Waals surface area contributed by atoms with Crippen molar-refractivity contribution in [2.75, 3.05) is 0 Å². The number of aromatic nitrogens is 1. The van der Waals surface area contributed by atoms with E-state index in [-0.39, 0.29) is 10.6 Å². The Morgan fingerprint density at radius 2 is 2.35 bits per heavy atom. The standard InChI is InChI=1S/C11H8ClNO3S/c12-8-5-7(11(14)15)1-2-9(8)16-6-10-13-3-4-17-10/h1-5H,6H2,(H,14,15). The summed E-state index contributed by atoms with van der Waals surface area (Å²) in [6, 6.07) is 4.35. The molecule has 0 saturated carbocycles. The van der Waals surface area contributed by atoms with Crippen molar-refractivity contribution >= 4 is 28.9 Å². The number of carbonyl (C=O) groups is 1. The van der Waals surface area contributed by atoms with Gasteiger partial charge in [0.05, 0.1) is 10.6 Å². The SMILES string of the molecule is O=C(O)c1ccc(OCc2nccs2)c(Cl)c1. The molecule has 0 saturated heterocycles. The number of hydrogen-bond donors (Lipinski definition) is 1. The molecule has 0 bridgehead atoms. The molecule has 2 rings (SSSR count). The summed E-state index contributed by atoms with van der Waals surface area (Å²) in [5.74, 6) is -0.565. The van der Waals surface area contributed by atoms with E-state index in [1.807, 2.05) is 5.38 Å². The van der Waals surface area contributed by atoms with Crippen LogP contribution in [0, 0.1) is 0 Å². The zero-order chi connectivity index (χ0) is 12.3. The summed E-state index contributed by atoms with van der Waals surface area (Å²) >= 11 is 7.39. The molecule has 17 heavy (non-hydrogen) atoms. The molecule has 0 amide bonds. The van der Waals surface area contributed by atoms with Gasteiger partial charge in [0.25, 0.3) is 0 Å². The van der Waals surface area contributed by atoms with E-state index in [1.54, 1.807) is 12.3 Å². The Labute approximate surface area is 106 Å². The summed E-state index contributed by atoms with van der Waals surface area (Å²) in [5.41, 5.74) is 0.136. The Balaban J connectivity index is 2.09. The molecule has 0 unspecified atom stereocenters. The first-order valence-corrected chi connectivity index (χ1v) is 5.96. The molecule has 2 aromatic rings. The van der Waals surface area contributed by atoms with Gasteiger partial charge in [-0.3, -0.25) is 0 Å². The third-order valence-corrected chi connectivity index (χ3v) is 3.06. The molecular weight excluding hydrogens is 262 g/mol. The summed E-state index contributed by atoms with van der Waals surface area (Å²) in [4.78, 5) is 14.8. The van der Waals surface area contributed by atoms with E-state index in [0.29, 0.717) is 12.4 Å². The van der Waals surface area contributed by atoms with Crippen molar-refractivity contribution in [3.05, 3.63) is 45.4 Å². The predicted octanol–water partition coefficient (Wildman–Crippen LogP) is 3.07. The fraction of sp³-hybridized carbons (Fsp3) is 0.0909. The van der Waals surface area contributed by atoms with Crippen LogP contribution in [-0.2, 0) is 6.61 Å². The van der Waals surface area contributed by atoms with Gasteiger partial charge in [0.2, 0.25) is 0 Å². The smallest absolute Gasteiger partial charge is 0.335 e. The van der Waals surface area contributed by atoms with Crippen molar-refractivity contribution < 1.29 is 14.6 Å². The summed E-state index contributed by atoms with van der Waals surface area (Å²) in [7, 11) is 0. The van der Waals surface area contributed by atoms with Gasteiger partial charge in [0, 0.05) is 11.6 Å². The average Bonchev–Trinajstić information content (AvgIpc) is 2.80. The molecule has 0 aliphatic heterocycles. The van der Waals surface area contributed by atoms with E-state index in [0.717, 1.165) is 5.01 Å². The van der Waals surface area contributed by atoms with Gasteiger partial charge in [-0.05, 0) is 18.2 Å². The molecule has 1 aromatic heterocycles. The molecule has 0 spiro atoms. The normalized spacial score (nSPS) is 10.2. The van der Waals surface area contributed by atoms with Crippen molar-refractivity contribution in [1.29, 1.82) is 0 Å². The van der Waals surface area contributed by atoms with Gasteiger partial charge >= 0.3 is 5.97 Å². The predicted molar refractivity (Wildman–Crippen MR) is 64.9 cm³/mol. The van der Waals surface area contributed by atoms with Crippen LogP contribution in [0.5, 0.6) is 5.75 Å². The molecule has 6 heteroatoms. The molecule has 0 aliphatic carbocycles. The first-order chi connectivity index (χ1) is 8.16. The highest BCUT2D eigenvalue weighted by atomic mass is 35.5. The Morgan fingerprint density at radius 3 is 2.94 bits per heavy atom. The Morgan fingerprint density at radius 1 is 1.53 bits per heavy atom. The third kappa shape index (κ3) is 2.95. The van der Waals surface area contributed by atoms with Crippen LogP contribution in [0.2, 0.25) is 5.02 Å². The van der Waals surface area contributed by atoms with E-state index >= 15 is 0 Å². The van der Waals surface area contributed by atoms with E-state index in [9.17, 15) is 4.79 Å². The molecule has 0 fully saturated rings. The third-order valence-electron chi connectivity index (χ3n) is 2.01. The van der Waals surface area contributed by atoms with Crippen molar-refractivity contribution in [1.82, 2.24) is 4.98 Å². The molecule has 1 aromatic carbocycles. The monoisotopic (exact) mass is 269 g/mol. The van der Waals surface area contributed by atoms with Gasteiger partial charge in [0.15, 0.2) is 0 Å². The van der Waals surface area contributed by atoms with Gasteiger partial charge in [-0.15, -0.1) is 11.3 Å². The van der Waals surface area contributed by atoms with Crippen LogP contribution in [-0.4, -0.2) is 16.1 Å². The number of rotatable bonds is 4. The number of thiazole rings is 1. The minimum atomic E-state index is -1.02. The average molecular weight is 270 g/mol. The van der Waals surface area contributed by atoms with Crippen molar-refractivity contribution in [2.45, 2.75) is 6.61 Å². The van der Waals surface area contributed by atoms with E-state index in [1.165, 1.54) is 23.5 Å². The van der Waals surface area contributed by atoms with Crippen LogP contribution >= 0.6 is 22.9 Å². The Hall–Kier alpha value is -1.59. The largest absolute Gasteiger partial charge is 0.485 e. The van der Waals surface area contributed by atoms with Crippen LogP contribution < -0.4 is 4.74 Å². The molecule has 88 valence electrons. The van der Waals surface area contributed by atoms with Crippen molar-refractivity contribution in [3.63, 3.8) is 0 Å². The highest BCUT2D eigenvalue weighted by molar-refractivity contribution is 7.09. The van der Waals surface area contributed by atoms with Crippen LogP contribution in [0.25, 0.3) is 0 Å². The molecule has 1 N–H and O–H groups in total. The second kappa shape index (κ2) is 5.16. The molecule has 0 aliphatic rings. The lowest BCUT2D eigenvalue weighted by molar-refractivity contribution is 0.0697. The number of carboxylic acids is 1. The van der Waals surface area contributed by atoms with Crippen LogP contribution in [0.3, 0.4) is 0 Å². The lowest BCUT2D eigenvalue weighted by atomic mass is 10.2. The van der Waals surface area contributed by atoms with Crippen LogP contribution in [0.15, 0.2) is 29.8 Å². The number of ether oxygens (including phenoxy) is 1. The number of nitrogens with zero attached hydrogens (tertiary/aromatic N) is 1. The quantitative estimate of drug-likeness (QED) is 0.927. The van der Waals surface area contributed by atoms with Gasteiger partial charge in [-0.2, -0.15) is 0 Å². The summed E-state index contributed by atoms with van der Waals surface area (Å²) in [6.07, 6.45) is 1.69. The summed E-state index contributed by atoms with van der Waals surface area (Å²) < 4.78 is 5.44. The van der Waals surface area contributed by atoms with Gasteiger partial charge in [-0.1, -0.05) is 11.6 Å². The Kier molecular flexibility index (Phi) is 3.61. The maximum absolute atomic E-state index is 10.7.